The molecule has 0 saturated heterocycles. The van der Waals surface area contributed by atoms with Crippen molar-refractivity contribution in [1.29, 1.82) is 0 Å². The minimum atomic E-state index is 0.151. The molecule has 1 aromatic carbocycles. The van der Waals surface area contributed by atoms with E-state index in [2.05, 4.69) is 34.4 Å². The lowest BCUT2D eigenvalue weighted by Gasteiger charge is -2.22. The molecule has 82 valence electrons. The largest absolute Gasteiger partial charge is 0.351 e. The number of benzene rings is 1. The van der Waals surface area contributed by atoms with E-state index in [1.165, 1.54) is 11.1 Å². The van der Waals surface area contributed by atoms with E-state index in [-0.39, 0.29) is 11.9 Å². The maximum Gasteiger partial charge on any atom is 0.318 e. The highest BCUT2D eigenvalue weighted by molar-refractivity contribution is 5.36. The normalized spacial score (nSPS) is 19.4. The highest BCUT2D eigenvalue weighted by atomic mass is 16.5. The summed E-state index contributed by atoms with van der Waals surface area (Å²) in [6.45, 7) is 0. The van der Waals surface area contributed by atoms with E-state index in [0.29, 0.717) is 5.82 Å². The molecule has 1 aliphatic carbocycles. The summed E-state index contributed by atoms with van der Waals surface area (Å²) in [5.41, 5.74) is 8.17. The van der Waals surface area contributed by atoms with Gasteiger partial charge < -0.3 is 10.3 Å². The van der Waals surface area contributed by atoms with Gasteiger partial charge in [0.2, 0.25) is 0 Å². The van der Waals surface area contributed by atoms with Crippen molar-refractivity contribution in [3.8, 4) is 0 Å². The molecule has 16 heavy (non-hydrogen) atoms. The number of anilines is 1. The molecule has 0 unspecified atom stereocenters. The molecule has 0 radical (unpaired) electrons. The quantitative estimate of drug-likeness (QED) is 0.791. The Morgan fingerprint density at radius 3 is 3.00 bits per heavy atom. The molecular weight excluding hydrogens is 202 g/mol. The first kappa shape index (κ1) is 9.39. The number of rotatable bonds is 1. The second kappa shape index (κ2) is 3.63. The van der Waals surface area contributed by atoms with Crippen LogP contribution in [0.5, 0.6) is 0 Å². The summed E-state index contributed by atoms with van der Waals surface area (Å²) in [5, 5.41) is 3.93. The van der Waals surface area contributed by atoms with Crippen LogP contribution in [0, 0.1) is 0 Å². The molecule has 3 rings (SSSR count). The van der Waals surface area contributed by atoms with Gasteiger partial charge in [-0.15, -0.1) is 0 Å². The van der Waals surface area contributed by atoms with Crippen LogP contribution in [0.4, 0.5) is 6.01 Å². The number of hydrogen-bond donors (Lipinski definition) is 1. The Balaban J connectivity index is 2.04. The molecule has 1 atom stereocenters. The second-order valence-electron chi connectivity index (χ2n) is 4.13. The van der Waals surface area contributed by atoms with E-state index in [1.807, 2.05) is 0 Å². The van der Waals surface area contributed by atoms with E-state index in [4.69, 9.17) is 10.3 Å². The van der Waals surface area contributed by atoms with E-state index in [1.54, 1.807) is 0 Å². The average Bonchev–Trinajstić information content (AvgIpc) is 2.75. The topological polar surface area (TPSA) is 64.9 Å². The van der Waals surface area contributed by atoms with Gasteiger partial charge in [-0.05, 0) is 30.4 Å². The Labute approximate surface area is 93.5 Å². The van der Waals surface area contributed by atoms with Crippen LogP contribution < -0.4 is 5.73 Å². The fraction of sp³-hybridized carbons (Fsp3) is 0.333. The number of nitrogens with two attached hydrogens (primary N) is 1. The standard InChI is InChI=1S/C12H13N3O/c13-12-14-11(15-16-12)10-7-3-5-8-4-1-2-6-9(8)10/h1-2,4,6,10H,3,5,7H2,(H2,13,14,15)/t10-/m0/s1. The lowest BCUT2D eigenvalue weighted by molar-refractivity contribution is 0.419. The SMILES string of the molecule is Nc1nc([C@H]2CCCc3ccccc32)no1. The Morgan fingerprint density at radius 1 is 1.31 bits per heavy atom. The maximum atomic E-state index is 5.46. The minimum absolute atomic E-state index is 0.151. The maximum absolute atomic E-state index is 5.46. The summed E-state index contributed by atoms with van der Waals surface area (Å²) in [7, 11) is 0. The molecular formula is C12H13N3O. The predicted molar refractivity (Wildman–Crippen MR) is 59.9 cm³/mol. The molecule has 0 fully saturated rings. The van der Waals surface area contributed by atoms with Gasteiger partial charge >= 0.3 is 6.01 Å². The van der Waals surface area contributed by atoms with Crippen LogP contribution in [0.25, 0.3) is 0 Å². The van der Waals surface area contributed by atoms with Crippen molar-refractivity contribution in [2.45, 2.75) is 25.2 Å². The molecule has 0 bridgehead atoms. The average molecular weight is 215 g/mol. The van der Waals surface area contributed by atoms with Crippen LogP contribution in [0.3, 0.4) is 0 Å². The third kappa shape index (κ3) is 1.46. The lowest BCUT2D eigenvalue weighted by atomic mass is 9.82. The molecule has 0 saturated carbocycles. The van der Waals surface area contributed by atoms with Crippen molar-refractivity contribution in [2.75, 3.05) is 5.73 Å². The first-order chi connectivity index (χ1) is 7.84. The van der Waals surface area contributed by atoms with Crippen LogP contribution in [-0.2, 0) is 6.42 Å². The lowest BCUT2D eigenvalue weighted by Crippen LogP contribution is -2.12. The zero-order valence-corrected chi connectivity index (χ0v) is 8.89. The molecule has 0 aliphatic heterocycles. The highest BCUT2D eigenvalue weighted by Gasteiger charge is 2.25. The van der Waals surface area contributed by atoms with Crippen molar-refractivity contribution in [1.82, 2.24) is 10.1 Å². The Morgan fingerprint density at radius 2 is 2.19 bits per heavy atom. The summed E-state index contributed by atoms with van der Waals surface area (Å²) >= 11 is 0. The molecule has 0 amide bonds. The van der Waals surface area contributed by atoms with Gasteiger partial charge in [-0.1, -0.05) is 29.4 Å². The number of hydrogen-bond acceptors (Lipinski definition) is 4. The summed E-state index contributed by atoms with van der Waals surface area (Å²) in [4.78, 5) is 4.13. The summed E-state index contributed by atoms with van der Waals surface area (Å²) in [5.74, 6) is 0.954. The van der Waals surface area contributed by atoms with E-state index in [9.17, 15) is 0 Å². The van der Waals surface area contributed by atoms with Crippen molar-refractivity contribution >= 4 is 6.01 Å². The van der Waals surface area contributed by atoms with Gasteiger partial charge in [0, 0.05) is 5.92 Å². The number of fused-ring (bicyclic) bond motifs is 1. The van der Waals surface area contributed by atoms with Crippen LogP contribution in [0.2, 0.25) is 0 Å². The number of nitrogen functional groups attached to an aromatic ring is 1. The number of nitrogens with zero attached hydrogens (tertiary/aromatic N) is 2. The number of aryl methyl sites for hydroxylation is 1. The second-order valence-corrected chi connectivity index (χ2v) is 4.13. The first-order valence-corrected chi connectivity index (χ1v) is 5.51. The van der Waals surface area contributed by atoms with Crippen molar-refractivity contribution in [3.05, 3.63) is 41.2 Å². The molecule has 1 aliphatic rings. The molecule has 2 aromatic rings. The molecule has 0 spiro atoms. The van der Waals surface area contributed by atoms with Crippen LogP contribution in [0.1, 0.15) is 35.7 Å². The van der Waals surface area contributed by atoms with Gasteiger partial charge in [0.05, 0.1) is 0 Å². The third-order valence-corrected chi connectivity index (χ3v) is 3.14. The van der Waals surface area contributed by atoms with Crippen molar-refractivity contribution in [2.24, 2.45) is 0 Å². The minimum Gasteiger partial charge on any atom is -0.351 e. The monoisotopic (exact) mass is 215 g/mol. The Bertz CT molecular complexity index is 506. The molecule has 4 heteroatoms. The van der Waals surface area contributed by atoms with Gasteiger partial charge in [0.1, 0.15) is 0 Å². The van der Waals surface area contributed by atoms with Crippen molar-refractivity contribution in [3.63, 3.8) is 0 Å². The fourth-order valence-electron chi connectivity index (χ4n) is 2.41. The molecule has 4 nitrogen and oxygen atoms in total. The van der Waals surface area contributed by atoms with Crippen LogP contribution >= 0.6 is 0 Å². The third-order valence-electron chi connectivity index (χ3n) is 3.14. The fourth-order valence-corrected chi connectivity index (χ4v) is 2.41. The van der Waals surface area contributed by atoms with Gasteiger partial charge in [0.15, 0.2) is 5.82 Å². The van der Waals surface area contributed by atoms with Crippen LogP contribution in [-0.4, -0.2) is 10.1 Å². The van der Waals surface area contributed by atoms with Gasteiger partial charge in [0.25, 0.3) is 0 Å². The number of aromatic nitrogens is 2. The van der Waals surface area contributed by atoms with E-state index >= 15 is 0 Å². The highest BCUT2D eigenvalue weighted by Crippen LogP contribution is 2.35. The Kier molecular flexibility index (Phi) is 2.13. The van der Waals surface area contributed by atoms with Gasteiger partial charge in [-0.25, -0.2) is 0 Å². The summed E-state index contributed by atoms with van der Waals surface area (Å²) in [6.07, 6.45) is 3.37. The zero-order valence-electron chi connectivity index (χ0n) is 8.89. The smallest absolute Gasteiger partial charge is 0.318 e. The summed E-state index contributed by atoms with van der Waals surface area (Å²) in [6, 6.07) is 8.60. The summed E-state index contributed by atoms with van der Waals surface area (Å²) < 4.78 is 4.85. The van der Waals surface area contributed by atoms with Crippen LogP contribution in [0.15, 0.2) is 28.8 Å². The predicted octanol–water partition coefficient (Wildman–Crippen LogP) is 2.12. The van der Waals surface area contributed by atoms with Crippen molar-refractivity contribution < 1.29 is 4.52 Å². The van der Waals surface area contributed by atoms with Gasteiger partial charge in [-0.2, -0.15) is 4.98 Å². The van der Waals surface area contributed by atoms with Gasteiger partial charge in [-0.3, -0.25) is 0 Å². The molecule has 1 aromatic heterocycles. The first-order valence-electron chi connectivity index (χ1n) is 5.51. The molecule has 2 N–H and O–H groups in total. The van der Waals surface area contributed by atoms with E-state index < -0.39 is 0 Å². The Hall–Kier alpha value is -1.84. The molecule has 1 heterocycles. The van der Waals surface area contributed by atoms with E-state index in [0.717, 1.165) is 19.3 Å². The zero-order chi connectivity index (χ0) is 11.0.